The molecule has 1 aromatic carbocycles. The lowest BCUT2D eigenvalue weighted by molar-refractivity contribution is 0.405. The second kappa shape index (κ2) is 6.95. The van der Waals surface area contributed by atoms with Crippen LogP contribution < -0.4 is 14.8 Å². The van der Waals surface area contributed by atoms with Crippen LogP contribution in [0.2, 0.25) is 5.02 Å². The molecule has 0 aliphatic rings. The molecular weight excluding hydrogens is 358 g/mol. The number of hydrogen-bond donors (Lipinski definition) is 1. The molecule has 0 bridgehead atoms. The Labute approximate surface area is 136 Å². The molecule has 1 heterocycles. The molecule has 112 valence electrons. The normalized spacial score (nSPS) is 10.3. The van der Waals surface area contributed by atoms with Crippen LogP contribution >= 0.6 is 27.5 Å². The van der Waals surface area contributed by atoms with Crippen molar-refractivity contribution in [1.82, 2.24) is 9.97 Å². The summed E-state index contributed by atoms with van der Waals surface area (Å²) in [7, 11) is 3.14. The van der Waals surface area contributed by atoms with Crippen molar-refractivity contribution in [3.05, 3.63) is 33.6 Å². The fourth-order valence-corrected chi connectivity index (χ4v) is 2.44. The average molecular weight is 373 g/mol. The highest BCUT2D eigenvalue weighted by Crippen LogP contribution is 2.37. The van der Waals surface area contributed by atoms with Crippen LogP contribution in [0, 0.1) is 0 Å². The molecule has 0 radical (unpaired) electrons. The Hall–Kier alpha value is -1.53. The molecule has 0 aliphatic heterocycles. The first kappa shape index (κ1) is 15.9. The molecule has 0 aliphatic carbocycles. The van der Waals surface area contributed by atoms with Gasteiger partial charge in [0.15, 0.2) is 0 Å². The van der Waals surface area contributed by atoms with Gasteiger partial charge in [-0.25, -0.2) is 9.97 Å². The first-order chi connectivity index (χ1) is 10.1. The lowest BCUT2D eigenvalue weighted by Gasteiger charge is -2.14. The average Bonchev–Trinajstić information content (AvgIpc) is 2.47. The third-order valence-corrected chi connectivity index (χ3v) is 3.50. The Morgan fingerprint density at radius 2 is 1.86 bits per heavy atom. The topological polar surface area (TPSA) is 56.3 Å². The summed E-state index contributed by atoms with van der Waals surface area (Å²) in [5.74, 6) is 2.57. The lowest BCUT2D eigenvalue weighted by Crippen LogP contribution is -2.01. The van der Waals surface area contributed by atoms with Gasteiger partial charge in [-0.3, -0.25) is 0 Å². The summed E-state index contributed by atoms with van der Waals surface area (Å²) in [5.41, 5.74) is 0.714. The van der Waals surface area contributed by atoms with Gasteiger partial charge in [-0.05, 0) is 15.9 Å². The van der Waals surface area contributed by atoms with E-state index in [4.69, 9.17) is 21.1 Å². The largest absolute Gasteiger partial charge is 0.495 e. The van der Waals surface area contributed by atoms with Crippen LogP contribution in [0.15, 0.2) is 22.8 Å². The van der Waals surface area contributed by atoms with Crippen LogP contribution in [0.1, 0.15) is 12.7 Å². The van der Waals surface area contributed by atoms with Crippen LogP contribution in [-0.2, 0) is 6.42 Å². The molecule has 0 fully saturated rings. The summed E-state index contributed by atoms with van der Waals surface area (Å²) >= 11 is 9.46. The van der Waals surface area contributed by atoms with E-state index in [-0.39, 0.29) is 0 Å². The highest BCUT2D eigenvalue weighted by Gasteiger charge is 2.11. The van der Waals surface area contributed by atoms with E-state index in [1.807, 2.05) is 6.92 Å². The number of rotatable bonds is 5. The molecule has 0 saturated carbocycles. The third-order valence-electron chi connectivity index (χ3n) is 2.79. The van der Waals surface area contributed by atoms with E-state index in [9.17, 15) is 0 Å². The molecule has 2 rings (SSSR count). The van der Waals surface area contributed by atoms with E-state index in [2.05, 4.69) is 31.2 Å². The summed E-state index contributed by atoms with van der Waals surface area (Å²) < 4.78 is 11.3. The minimum absolute atomic E-state index is 0.484. The molecule has 5 nitrogen and oxygen atoms in total. The minimum atomic E-state index is 0.484. The van der Waals surface area contributed by atoms with Gasteiger partial charge in [-0.15, -0.1) is 0 Å². The molecule has 2 aromatic rings. The van der Waals surface area contributed by atoms with Gasteiger partial charge in [0.05, 0.1) is 24.9 Å². The van der Waals surface area contributed by atoms with Crippen LogP contribution in [0.3, 0.4) is 0 Å². The van der Waals surface area contributed by atoms with Gasteiger partial charge in [0, 0.05) is 24.6 Å². The van der Waals surface area contributed by atoms with Crippen molar-refractivity contribution in [2.45, 2.75) is 13.3 Å². The van der Waals surface area contributed by atoms with Gasteiger partial charge in [-0.2, -0.15) is 0 Å². The molecule has 1 N–H and O–H groups in total. The van der Waals surface area contributed by atoms with Crippen molar-refractivity contribution in [3.8, 4) is 11.5 Å². The number of aryl methyl sites for hydroxylation is 1. The monoisotopic (exact) mass is 371 g/mol. The maximum absolute atomic E-state index is 6.09. The van der Waals surface area contributed by atoms with E-state index in [1.165, 1.54) is 0 Å². The quantitative estimate of drug-likeness (QED) is 0.797. The highest BCUT2D eigenvalue weighted by molar-refractivity contribution is 9.10. The first-order valence-corrected chi connectivity index (χ1v) is 7.46. The van der Waals surface area contributed by atoms with E-state index < -0.39 is 0 Å². The van der Waals surface area contributed by atoms with E-state index in [0.29, 0.717) is 28.0 Å². The molecule has 0 spiro atoms. The van der Waals surface area contributed by atoms with Gasteiger partial charge in [-0.1, -0.05) is 18.5 Å². The molecular formula is C14H15BrClN3O2. The standard InChI is InChI=1S/C14H15BrClN3O2/c1-4-13-18-12(15)7-14(19-13)17-9-6-10(20-2)8(16)5-11(9)21-3/h5-7H,4H2,1-3H3,(H,17,18,19). The summed E-state index contributed by atoms with van der Waals surface area (Å²) in [5, 5.41) is 3.68. The van der Waals surface area contributed by atoms with Gasteiger partial charge in [0.1, 0.15) is 27.7 Å². The second-order valence-corrected chi connectivity index (χ2v) is 5.38. The lowest BCUT2D eigenvalue weighted by atomic mass is 10.2. The Bertz CT molecular complexity index is 652. The van der Waals surface area contributed by atoms with Crippen LogP contribution in [0.5, 0.6) is 11.5 Å². The molecule has 0 unspecified atom stereocenters. The molecule has 0 amide bonds. The summed E-state index contributed by atoms with van der Waals surface area (Å²) in [6.45, 7) is 2.00. The smallest absolute Gasteiger partial charge is 0.144 e. The number of benzene rings is 1. The second-order valence-electron chi connectivity index (χ2n) is 4.16. The SMILES string of the molecule is CCc1nc(Br)cc(Nc2cc(OC)c(Cl)cc2OC)n1. The third kappa shape index (κ3) is 3.77. The van der Waals surface area contributed by atoms with E-state index in [0.717, 1.165) is 16.8 Å². The van der Waals surface area contributed by atoms with Crippen LogP contribution in [-0.4, -0.2) is 24.2 Å². The number of halogens is 2. The van der Waals surface area contributed by atoms with E-state index >= 15 is 0 Å². The maximum atomic E-state index is 6.09. The zero-order valence-corrected chi connectivity index (χ0v) is 14.2. The number of nitrogens with one attached hydrogen (secondary N) is 1. The van der Waals surface area contributed by atoms with Gasteiger partial charge in [0.2, 0.25) is 0 Å². The molecule has 1 aromatic heterocycles. The highest BCUT2D eigenvalue weighted by atomic mass is 79.9. The predicted molar refractivity (Wildman–Crippen MR) is 86.9 cm³/mol. The number of nitrogens with zero attached hydrogens (tertiary/aromatic N) is 2. The van der Waals surface area contributed by atoms with Crippen molar-refractivity contribution < 1.29 is 9.47 Å². The minimum Gasteiger partial charge on any atom is -0.495 e. The Morgan fingerprint density at radius 1 is 1.14 bits per heavy atom. The van der Waals surface area contributed by atoms with Crippen molar-refractivity contribution in [2.75, 3.05) is 19.5 Å². The zero-order chi connectivity index (χ0) is 15.4. The fourth-order valence-electron chi connectivity index (χ4n) is 1.78. The number of anilines is 2. The predicted octanol–water partition coefficient (Wildman–Crippen LogP) is 4.22. The molecule has 7 heteroatoms. The fraction of sp³-hybridized carbons (Fsp3) is 0.286. The van der Waals surface area contributed by atoms with Crippen LogP contribution in [0.4, 0.5) is 11.5 Å². The van der Waals surface area contributed by atoms with Gasteiger partial charge >= 0.3 is 0 Å². The summed E-state index contributed by atoms with van der Waals surface area (Å²) in [6.07, 6.45) is 0.745. The number of hydrogen-bond acceptors (Lipinski definition) is 5. The molecule has 0 saturated heterocycles. The maximum Gasteiger partial charge on any atom is 0.144 e. The molecule has 21 heavy (non-hydrogen) atoms. The summed E-state index contributed by atoms with van der Waals surface area (Å²) in [6, 6.07) is 5.25. The number of ether oxygens (including phenoxy) is 2. The van der Waals surface area contributed by atoms with Crippen molar-refractivity contribution in [1.29, 1.82) is 0 Å². The van der Waals surface area contributed by atoms with E-state index in [1.54, 1.807) is 32.4 Å². The summed E-state index contributed by atoms with van der Waals surface area (Å²) in [4.78, 5) is 8.69. The number of aromatic nitrogens is 2. The van der Waals surface area contributed by atoms with Gasteiger partial charge < -0.3 is 14.8 Å². The Balaban J connectivity index is 2.40. The van der Waals surface area contributed by atoms with Crippen molar-refractivity contribution >= 4 is 39.0 Å². The van der Waals surface area contributed by atoms with Gasteiger partial charge in [0.25, 0.3) is 0 Å². The van der Waals surface area contributed by atoms with Crippen LogP contribution in [0.25, 0.3) is 0 Å². The molecule has 0 atom stereocenters. The zero-order valence-electron chi connectivity index (χ0n) is 11.9. The first-order valence-electron chi connectivity index (χ1n) is 6.29. The van der Waals surface area contributed by atoms with Crippen molar-refractivity contribution in [2.24, 2.45) is 0 Å². The number of methoxy groups -OCH3 is 2. The Kier molecular flexibility index (Phi) is 5.25. The Morgan fingerprint density at radius 3 is 2.48 bits per heavy atom. The van der Waals surface area contributed by atoms with Crippen molar-refractivity contribution in [3.63, 3.8) is 0 Å².